The number of rotatable bonds is 9. The lowest BCUT2D eigenvalue weighted by atomic mass is 9.96. The summed E-state index contributed by atoms with van der Waals surface area (Å²) in [6.45, 7) is 5.78. The number of benzene rings is 2. The molecule has 2 aromatic carbocycles. The van der Waals surface area contributed by atoms with Crippen molar-refractivity contribution in [2.24, 2.45) is 31.8 Å². The predicted molar refractivity (Wildman–Crippen MR) is 199 cm³/mol. The number of nitrogens with one attached hydrogen (secondary N) is 1. The first-order valence-corrected chi connectivity index (χ1v) is 18.2. The Morgan fingerprint density at radius 1 is 1.02 bits per heavy atom. The van der Waals surface area contributed by atoms with Gasteiger partial charge in [-0.3, -0.25) is 23.6 Å². The Morgan fingerprint density at radius 2 is 1.72 bits per heavy atom. The van der Waals surface area contributed by atoms with E-state index in [1.165, 1.54) is 14.1 Å². The molecule has 1 unspecified atom stereocenters. The summed E-state index contributed by atoms with van der Waals surface area (Å²) in [5.74, 6) is 0.191. The van der Waals surface area contributed by atoms with Crippen LogP contribution in [0.3, 0.4) is 0 Å². The van der Waals surface area contributed by atoms with Gasteiger partial charge in [0.05, 0.1) is 30.4 Å². The number of methoxy groups -OCH3 is 1. The molecular formula is C39H38ClF2N7O5. The number of aryl methyl sites for hydroxylation is 2. The van der Waals surface area contributed by atoms with Gasteiger partial charge in [0.1, 0.15) is 11.2 Å². The minimum atomic E-state index is -3.04. The average Bonchev–Trinajstić information content (AvgIpc) is 3.42. The molecule has 5 aromatic rings. The molecule has 1 saturated heterocycles. The number of alkyl halides is 2. The fraction of sp³-hybridized carbons (Fsp3) is 0.385. The molecule has 8 rings (SSSR count). The molecule has 0 amide bonds. The van der Waals surface area contributed by atoms with Crippen molar-refractivity contribution < 1.29 is 23.0 Å². The van der Waals surface area contributed by atoms with E-state index < -0.39 is 23.5 Å². The van der Waals surface area contributed by atoms with Crippen LogP contribution in [0.5, 0.6) is 5.88 Å². The molecule has 54 heavy (non-hydrogen) atoms. The molecule has 1 N–H and O–H groups in total. The summed E-state index contributed by atoms with van der Waals surface area (Å²) in [6.07, 6.45) is -1.27. The van der Waals surface area contributed by atoms with E-state index in [-0.39, 0.29) is 34.8 Å². The van der Waals surface area contributed by atoms with Crippen LogP contribution in [-0.2, 0) is 30.0 Å². The fourth-order valence-corrected chi connectivity index (χ4v) is 8.76. The second kappa shape index (κ2) is 13.6. The van der Waals surface area contributed by atoms with Gasteiger partial charge in [-0.15, -0.1) is 0 Å². The molecule has 0 spiro atoms. The van der Waals surface area contributed by atoms with Crippen molar-refractivity contribution >= 4 is 40.1 Å². The van der Waals surface area contributed by atoms with Crippen LogP contribution in [0.25, 0.3) is 33.4 Å². The SMILES string of the molecule is CCOC(=O)C1[C@H]2CN([C@H]3CCc4cc(-c5cccc(-c6cccc(Nc7nc(C(F)F)nc8c7c(=O)n(C)c(=O)n8C)c6C)c5Cl)nc(OC)c43)C[C@@H]12. The van der Waals surface area contributed by atoms with Crippen LogP contribution in [0, 0.1) is 24.7 Å². The van der Waals surface area contributed by atoms with E-state index in [0.717, 1.165) is 51.8 Å². The van der Waals surface area contributed by atoms with E-state index in [2.05, 4.69) is 26.3 Å². The highest BCUT2D eigenvalue weighted by Crippen LogP contribution is 2.56. The second-order valence-electron chi connectivity index (χ2n) is 14.1. The van der Waals surface area contributed by atoms with Gasteiger partial charge in [0.25, 0.3) is 12.0 Å². The first kappa shape index (κ1) is 35.8. The average molecular weight is 758 g/mol. The molecule has 1 aliphatic heterocycles. The van der Waals surface area contributed by atoms with E-state index in [9.17, 15) is 23.2 Å². The summed E-state index contributed by atoms with van der Waals surface area (Å²) >= 11 is 7.20. The topological polar surface area (TPSA) is 133 Å². The predicted octanol–water partition coefficient (Wildman–Crippen LogP) is 6.14. The molecular weight excluding hydrogens is 720 g/mol. The van der Waals surface area contributed by atoms with Gasteiger partial charge in [0.15, 0.2) is 11.5 Å². The van der Waals surface area contributed by atoms with Gasteiger partial charge < -0.3 is 14.8 Å². The Labute approximate surface area is 313 Å². The first-order chi connectivity index (χ1) is 25.9. The summed E-state index contributed by atoms with van der Waals surface area (Å²) in [4.78, 5) is 53.5. The van der Waals surface area contributed by atoms with Crippen molar-refractivity contribution in [2.45, 2.75) is 39.2 Å². The summed E-state index contributed by atoms with van der Waals surface area (Å²) in [5.41, 5.74) is 4.65. The number of fused-ring (bicyclic) bond motifs is 3. The van der Waals surface area contributed by atoms with Crippen molar-refractivity contribution in [2.75, 3.05) is 32.1 Å². The summed E-state index contributed by atoms with van der Waals surface area (Å²) in [7, 11) is 4.29. The standard InChI is InChI=1S/C39H38ClF2N7O5/c1-6-54-38(51)29-23-16-49(17-24(23)29)27-14-13-19-15-26(44-36(53-5)28(19)27)22-11-7-10-21(31(22)40)20-9-8-12-25(18(20)2)43-33-30-35(46-34(45-33)32(41)42)47(3)39(52)48(4)37(30)50/h7-12,15,23-24,27,29,32H,6,13-14,16-17H2,1-5H3,(H,43,45,46)/t23-,24+,27-,29?/m0/s1. The van der Waals surface area contributed by atoms with Crippen LogP contribution >= 0.6 is 11.6 Å². The van der Waals surface area contributed by atoms with Crippen LogP contribution in [0.1, 0.15) is 48.3 Å². The Bertz CT molecular complexity index is 2480. The molecule has 4 heterocycles. The van der Waals surface area contributed by atoms with E-state index in [4.69, 9.17) is 26.1 Å². The summed E-state index contributed by atoms with van der Waals surface area (Å²) < 4.78 is 41.0. The Morgan fingerprint density at radius 3 is 2.43 bits per heavy atom. The lowest BCUT2D eigenvalue weighted by Crippen LogP contribution is -2.38. The van der Waals surface area contributed by atoms with E-state index in [1.54, 1.807) is 19.2 Å². The molecule has 0 bridgehead atoms. The number of carbonyl (C=O) groups is 1. The summed E-state index contributed by atoms with van der Waals surface area (Å²) in [6, 6.07) is 13.4. The molecule has 0 radical (unpaired) electrons. The number of piperidine rings is 1. The number of nitrogens with zero attached hydrogens (tertiary/aromatic N) is 6. The molecule has 12 nitrogen and oxygen atoms in total. The number of anilines is 2. The number of aromatic nitrogens is 5. The van der Waals surface area contributed by atoms with Crippen LogP contribution in [0.15, 0.2) is 52.1 Å². The molecule has 2 fully saturated rings. The van der Waals surface area contributed by atoms with Crippen LogP contribution in [0.4, 0.5) is 20.3 Å². The van der Waals surface area contributed by atoms with E-state index >= 15 is 0 Å². The zero-order valence-corrected chi connectivity index (χ0v) is 31.1. The lowest BCUT2D eigenvalue weighted by Gasteiger charge is -2.28. The number of hydrogen-bond acceptors (Lipinski definition) is 10. The van der Waals surface area contributed by atoms with Crippen LogP contribution < -0.4 is 21.3 Å². The van der Waals surface area contributed by atoms with Gasteiger partial charge in [-0.05, 0) is 67.3 Å². The van der Waals surface area contributed by atoms with E-state index in [1.807, 2.05) is 38.1 Å². The van der Waals surface area contributed by atoms with E-state index in [0.29, 0.717) is 57.4 Å². The Kier molecular flexibility index (Phi) is 9.00. The molecule has 280 valence electrons. The number of likely N-dealkylation sites (tertiary alicyclic amines) is 1. The van der Waals surface area contributed by atoms with Gasteiger partial charge in [0, 0.05) is 55.6 Å². The van der Waals surface area contributed by atoms with Gasteiger partial charge in [-0.1, -0.05) is 41.9 Å². The van der Waals surface area contributed by atoms with Crippen LogP contribution in [-0.4, -0.2) is 61.8 Å². The fourth-order valence-electron chi connectivity index (χ4n) is 8.43. The minimum Gasteiger partial charge on any atom is -0.481 e. The minimum absolute atomic E-state index is 0.00938. The maximum absolute atomic E-state index is 13.9. The molecule has 3 aliphatic rings. The zero-order chi connectivity index (χ0) is 38.2. The van der Waals surface area contributed by atoms with Gasteiger partial charge >= 0.3 is 11.7 Å². The van der Waals surface area contributed by atoms with Gasteiger partial charge in [0.2, 0.25) is 5.88 Å². The third-order valence-corrected chi connectivity index (χ3v) is 11.6. The maximum atomic E-state index is 13.9. The highest BCUT2D eigenvalue weighted by Gasteiger charge is 2.61. The summed E-state index contributed by atoms with van der Waals surface area (Å²) in [5, 5.41) is 3.44. The maximum Gasteiger partial charge on any atom is 0.332 e. The zero-order valence-electron chi connectivity index (χ0n) is 30.3. The third-order valence-electron chi connectivity index (χ3n) is 11.2. The quantitative estimate of drug-likeness (QED) is 0.175. The number of esters is 1. The monoisotopic (exact) mass is 757 g/mol. The number of halogens is 3. The van der Waals surface area contributed by atoms with Crippen molar-refractivity contribution in [3.63, 3.8) is 0 Å². The first-order valence-electron chi connectivity index (χ1n) is 17.8. The molecule has 2 aliphatic carbocycles. The Hall–Kier alpha value is -5.21. The van der Waals surface area contributed by atoms with Gasteiger partial charge in [-0.2, -0.15) is 0 Å². The van der Waals surface area contributed by atoms with Crippen LogP contribution in [0.2, 0.25) is 5.02 Å². The second-order valence-corrected chi connectivity index (χ2v) is 14.5. The normalized spacial score (nSPS) is 20.3. The number of carbonyl (C=O) groups excluding carboxylic acids is 1. The van der Waals surface area contributed by atoms with Crippen molar-refractivity contribution in [1.29, 1.82) is 0 Å². The number of hydrogen-bond donors (Lipinski definition) is 1. The highest BCUT2D eigenvalue weighted by atomic mass is 35.5. The number of pyridine rings is 1. The Balaban J connectivity index is 1.12. The van der Waals surface area contributed by atoms with Gasteiger partial charge in [-0.25, -0.2) is 28.5 Å². The largest absolute Gasteiger partial charge is 0.481 e. The molecule has 15 heteroatoms. The molecule has 4 atom stereocenters. The molecule has 1 saturated carbocycles. The third kappa shape index (κ3) is 5.74. The lowest BCUT2D eigenvalue weighted by molar-refractivity contribution is -0.145. The molecule has 3 aromatic heterocycles. The van der Waals surface area contributed by atoms with Crippen molar-refractivity contribution in [3.8, 4) is 28.3 Å². The van der Waals surface area contributed by atoms with Crippen molar-refractivity contribution in [1.82, 2.24) is 29.0 Å². The number of ether oxygens (including phenoxy) is 2. The van der Waals surface area contributed by atoms with Crippen molar-refractivity contribution in [3.05, 3.63) is 90.8 Å². The highest BCUT2D eigenvalue weighted by molar-refractivity contribution is 6.36. The smallest absolute Gasteiger partial charge is 0.332 e.